The molecule has 5 nitrogen and oxygen atoms in total. The van der Waals surface area contributed by atoms with Gasteiger partial charge in [-0.25, -0.2) is 0 Å². The molecular formula is C13H15BrN2O3S. The first-order chi connectivity index (χ1) is 9.33. The SMILES string of the molecule is CC(C)C(C)(Cc1nc(-c2cc(Br)cs2)no1)C(=O)O. The number of halogens is 1. The van der Waals surface area contributed by atoms with E-state index in [4.69, 9.17) is 4.52 Å². The highest BCUT2D eigenvalue weighted by Crippen LogP contribution is 2.33. The fourth-order valence-corrected chi connectivity index (χ4v) is 3.05. The van der Waals surface area contributed by atoms with Crippen molar-refractivity contribution in [3.63, 3.8) is 0 Å². The number of thiophene rings is 1. The fourth-order valence-electron chi connectivity index (χ4n) is 1.70. The Balaban J connectivity index is 2.23. The monoisotopic (exact) mass is 358 g/mol. The van der Waals surface area contributed by atoms with Crippen LogP contribution in [0.15, 0.2) is 20.4 Å². The van der Waals surface area contributed by atoms with Crippen LogP contribution in [-0.4, -0.2) is 21.2 Å². The molecule has 0 amide bonds. The second-order valence-electron chi connectivity index (χ2n) is 5.19. The van der Waals surface area contributed by atoms with Gasteiger partial charge < -0.3 is 9.63 Å². The third-order valence-electron chi connectivity index (χ3n) is 3.54. The second-order valence-corrected chi connectivity index (χ2v) is 7.02. The summed E-state index contributed by atoms with van der Waals surface area (Å²) in [7, 11) is 0. The molecule has 0 saturated heterocycles. The molecule has 2 aromatic rings. The van der Waals surface area contributed by atoms with E-state index in [9.17, 15) is 9.90 Å². The van der Waals surface area contributed by atoms with E-state index in [0.717, 1.165) is 9.35 Å². The number of carboxylic acid groups (broad SMARTS) is 1. The normalized spacial score (nSPS) is 14.4. The average molecular weight is 359 g/mol. The van der Waals surface area contributed by atoms with Crippen LogP contribution in [0.2, 0.25) is 0 Å². The number of hydrogen-bond acceptors (Lipinski definition) is 5. The Morgan fingerprint density at radius 1 is 1.60 bits per heavy atom. The molecule has 1 atom stereocenters. The molecule has 0 radical (unpaired) electrons. The minimum atomic E-state index is -0.917. The van der Waals surface area contributed by atoms with Gasteiger partial charge in [0, 0.05) is 16.3 Å². The predicted octanol–water partition coefficient (Wildman–Crippen LogP) is 3.85. The molecule has 2 aromatic heterocycles. The van der Waals surface area contributed by atoms with Crippen LogP contribution in [0.3, 0.4) is 0 Å². The van der Waals surface area contributed by atoms with Crippen LogP contribution in [0.5, 0.6) is 0 Å². The summed E-state index contributed by atoms with van der Waals surface area (Å²) in [5, 5.41) is 15.2. The lowest BCUT2D eigenvalue weighted by Gasteiger charge is -2.27. The molecule has 0 aliphatic rings. The zero-order valence-electron chi connectivity index (χ0n) is 11.4. The van der Waals surface area contributed by atoms with Gasteiger partial charge in [0.2, 0.25) is 11.7 Å². The van der Waals surface area contributed by atoms with Crippen LogP contribution >= 0.6 is 27.3 Å². The maximum Gasteiger partial charge on any atom is 0.310 e. The molecule has 1 N–H and O–H groups in total. The zero-order chi connectivity index (χ0) is 14.9. The minimum Gasteiger partial charge on any atom is -0.481 e. The van der Waals surface area contributed by atoms with E-state index in [-0.39, 0.29) is 12.3 Å². The third kappa shape index (κ3) is 2.93. The number of aliphatic carboxylic acids is 1. The van der Waals surface area contributed by atoms with Crippen LogP contribution in [0.1, 0.15) is 26.7 Å². The van der Waals surface area contributed by atoms with Crippen molar-refractivity contribution in [3.8, 4) is 10.7 Å². The Bertz CT molecular complexity index is 623. The van der Waals surface area contributed by atoms with Crippen molar-refractivity contribution in [2.45, 2.75) is 27.2 Å². The Labute approximate surface area is 129 Å². The van der Waals surface area contributed by atoms with Crippen molar-refractivity contribution in [3.05, 3.63) is 21.8 Å². The Morgan fingerprint density at radius 2 is 2.30 bits per heavy atom. The van der Waals surface area contributed by atoms with Crippen LogP contribution in [0.4, 0.5) is 0 Å². The van der Waals surface area contributed by atoms with Crippen molar-refractivity contribution in [1.82, 2.24) is 10.1 Å². The van der Waals surface area contributed by atoms with E-state index in [0.29, 0.717) is 11.7 Å². The predicted molar refractivity (Wildman–Crippen MR) is 79.6 cm³/mol. The maximum absolute atomic E-state index is 11.5. The van der Waals surface area contributed by atoms with Gasteiger partial charge in [-0.15, -0.1) is 11.3 Å². The molecule has 0 bridgehead atoms. The first-order valence-electron chi connectivity index (χ1n) is 6.13. The number of hydrogen-bond donors (Lipinski definition) is 1. The van der Waals surface area contributed by atoms with Crippen LogP contribution in [0.25, 0.3) is 10.7 Å². The largest absolute Gasteiger partial charge is 0.481 e. The summed E-state index contributed by atoms with van der Waals surface area (Å²) in [6.07, 6.45) is 0.222. The van der Waals surface area contributed by atoms with Crippen molar-refractivity contribution < 1.29 is 14.4 Å². The standard InChI is InChI=1S/C13H15BrN2O3S/c1-7(2)13(3,12(17)18)5-10-15-11(16-19-10)9-4-8(14)6-20-9/h4,6-7H,5H2,1-3H3,(H,17,18). The zero-order valence-corrected chi connectivity index (χ0v) is 13.8. The number of carbonyl (C=O) groups is 1. The highest BCUT2D eigenvalue weighted by Gasteiger charge is 2.38. The highest BCUT2D eigenvalue weighted by atomic mass is 79.9. The number of carboxylic acids is 1. The van der Waals surface area contributed by atoms with E-state index in [1.54, 1.807) is 6.92 Å². The van der Waals surface area contributed by atoms with Gasteiger partial charge in [0.05, 0.1) is 10.3 Å². The molecular weight excluding hydrogens is 344 g/mol. The summed E-state index contributed by atoms with van der Waals surface area (Å²) in [6, 6.07) is 1.90. The molecule has 0 aliphatic carbocycles. The van der Waals surface area contributed by atoms with Crippen molar-refractivity contribution >= 4 is 33.2 Å². The Morgan fingerprint density at radius 3 is 2.80 bits per heavy atom. The molecule has 108 valence electrons. The first-order valence-corrected chi connectivity index (χ1v) is 7.80. The van der Waals surface area contributed by atoms with Gasteiger partial charge in [0.25, 0.3) is 0 Å². The summed E-state index contributed by atoms with van der Waals surface area (Å²) >= 11 is 4.87. The molecule has 0 aliphatic heterocycles. The third-order valence-corrected chi connectivity index (χ3v) is 5.22. The number of aromatic nitrogens is 2. The molecule has 0 spiro atoms. The lowest BCUT2D eigenvalue weighted by Crippen LogP contribution is -2.35. The molecule has 0 aromatic carbocycles. The van der Waals surface area contributed by atoms with Gasteiger partial charge in [-0.05, 0) is 34.8 Å². The van der Waals surface area contributed by atoms with Crippen molar-refractivity contribution in [2.75, 3.05) is 0 Å². The Hall–Kier alpha value is -1.21. The summed E-state index contributed by atoms with van der Waals surface area (Å²) in [6.45, 7) is 5.45. The van der Waals surface area contributed by atoms with E-state index in [2.05, 4.69) is 26.1 Å². The molecule has 2 heterocycles. The van der Waals surface area contributed by atoms with Gasteiger partial charge in [-0.3, -0.25) is 4.79 Å². The molecule has 2 rings (SSSR count). The molecule has 1 unspecified atom stereocenters. The molecule has 0 fully saturated rings. The summed E-state index contributed by atoms with van der Waals surface area (Å²) in [5.74, 6) is -0.0485. The van der Waals surface area contributed by atoms with Gasteiger partial charge in [-0.2, -0.15) is 4.98 Å². The molecule has 0 saturated carbocycles. The maximum atomic E-state index is 11.5. The number of rotatable bonds is 5. The van der Waals surface area contributed by atoms with E-state index < -0.39 is 11.4 Å². The van der Waals surface area contributed by atoms with Gasteiger partial charge in [0.1, 0.15) is 0 Å². The first kappa shape index (κ1) is 15.2. The highest BCUT2D eigenvalue weighted by molar-refractivity contribution is 9.10. The van der Waals surface area contributed by atoms with Crippen LogP contribution in [0, 0.1) is 11.3 Å². The summed E-state index contributed by atoms with van der Waals surface area (Å²) in [5.41, 5.74) is -0.917. The topological polar surface area (TPSA) is 76.2 Å². The van der Waals surface area contributed by atoms with Crippen LogP contribution < -0.4 is 0 Å². The van der Waals surface area contributed by atoms with Gasteiger partial charge >= 0.3 is 5.97 Å². The molecule has 7 heteroatoms. The quantitative estimate of drug-likeness (QED) is 0.878. The Kier molecular flexibility index (Phi) is 4.29. The average Bonchev–Trinajstić information content (AvgIpc) is 2.97. The van der Waals surface area contributed by atoms with Crippen molar-refractivity contribution in [1.29, 1.82) is 0 Å². The second kappa shape index (κ2) is 5.65. The van der Waals surface area contributed by atoms with Crippen molar-refractivity contribution in [2.24, 2.45) is 11.3 Å². The fraction of sp³-hybridized carbons (Fsp3) is 0.462. The molecule has 20 heavy (non-hydrogen) atoms. The smallest absolute Gasteiger partial charge is 0.310 e. The number of nitrogens with zero attached hydrogens (tertiary/aromatic N) is 2. The van der Waals surface area contributed by atoms with Gasteiger partial charge in [-0.1, -0.05) is 19.0 Å². The summed E-state index contributed by atoms with van der Waals surface area (Å²) < 4.78 is 6.15. The van der Waals surface area contributed by atoms with E-state index in [1.807, 2.05) is 25.3 Å². The van der Waals surface area contributed by atoms with Gasteiger partial charge in [0.15, 0.2) is 0 Å². The van der Waals surface area contributed by atoms with E-state index >= 15 is 0 Å². The van der Waals surface area contributed by atoms with E-state index in [1.165, 1.54) is 11.3 Å². The van der Waals surface area contributed by atoms with Crippen LogP contribution in [-0.2, 0) is 11.2 Å². The minimum absolute atomic E-state index is 0.0359. The summed E-state index contributed by atoms with van der Waals surface area (Å²) in [4.78, 5) is 16.6. The lowest BCUT2D eigenvalue weighted by molar-refractivity contribution is -0.150. The lowest BCUT2D eigenvalue weighted by atomic mass is 9.76.